The molecule has 7 aromatic rings. The van der Waals surface area contributed by atoms with Gasteiger partial charge in [0.15, 0.2) is 5.75 Å². The molecular formula is C43H33BN2OS. The Balaban J connectivity index is 1.35. The number of anilines is 5. The summed E-state index contributed by atoms with van der Waals surface area (Å²) in [5, 5.41) is 1.28. The van der Waals surface area contributed by atoms with Gasteiger partial charge in [0.1, 0.15) is 5.75 Å². The van der Waals surface area contributed by atoms with Crippen LogP contribution in [0.25, 0.3) is 32.3 Å². The highest BCUT2D eigenvalue weighted by atomic mass is 32.1. The molecule has 0 spiro atoms. The number of thiophene rings is 1. The summed E-state index contributed by atoms with van der Waals surface area (Å²) in [6.07, 6.45) is 0. The van der Waals surface area contributed by atoms with Crippen LogP contribution in [0.2, 0.25) is 0 Å². The van der Waals surface area contributed by atoms with E-state index in [1.54, 1.807) is 0 Å². The predicted octanol–water partition coefficient (Wildman–Crippen LogP) is 11.0. The van der Waals surface area contributed by atoms with Gasteiger partial charge in [-0.3, -0.25) is 0 Å². The van der Waals surface area contributed by atoms with Gasteiger partial charge >= 0.3 is 6.85 Å². The van der Waals surface area contributed by atoms with E-state index < -0.39 is 0 Å². The van der Waals surface area contributed by atoms with Crippen LogP contribution in [0.15, 0.2) is 127 Å². The molecule has 0 radical (unpaired) electrons. The molecule has 0 aliphatic carbocycles. The fourth-order valence-corrected chi connectivity index (χ4v) is 9.35. The zero-order valence-corrected chi connectivity index (χ0v) is 28.2. The molecule has 0 amide bonds. The number of hydrogen-bond acceptors (Lipinski definition) is 4. The first-order valence-electron chi connectivity index (χ1n) is 16.7. The van der Waals surface area contributed by atoms with Crippen molar-refractivity contribution in [1.29, 1.82) is 0 Å². The Hall–Kier alpha value is -5.26. The van der Waals surface area contributed by atoms with Crippen molar-refractivity contribution >= 4 is 66.9 Å². The van der Waals surface area contributed by atoms with Gasteiger partial charge in [0.2, 0.25) is 0 Å². The van der Waals surface area contributed by atoms with Crippen LogP contribution < -0.4 is 24.7 Å². The molecule has 230 valence electrons. The summed E-state index contributed by atoms with van der Waals surface area (Å²) < 4.78 is 9.25. The minimum absolute atomic E-state index is 0.00743. The van der Waals surface area contributed by atoms with Gasteiger partial charge in [0.05, 0.1) is 22.7 Å². The monoisotopic (exact) mass is 636 g/mol. The number of ether oxygens (including phenoxy) is 1. The van der Waals surface area contributed by atoms with Crippen LogP contribution in [0.3, 0.4) is 0 Å². The van der Waals surface area contributed by atoms with Crippen LogP contribution in [0.4, 0.5) is 28.4 Å². The molecule has 4 heterocycles. The predicted molar refractivity (Wildman–Crippen MR) is 204 cm³/mol. The van der Waals surface area contributed by atoms with Crippen molar-refractivity contribution in [3.63, 3.8) is 0 Å². The van der Waals surface area contributed by atoms with Crippen LogP contribution >= 0.6 is 11.3 Å². The number of rotatable bonds is 2. The number of benzene rings is 6. The number of fused-ring (bicyclic) bond motifs is 8. The van der Waals surface area contributed by atoms with Crippen molar-refractivity contribution in [3.05, 3.63) is 139 Å². The lowest BCUT2D eigenvalue weighted by atomic mass is 9.46. The maximum absolute atomic E-state index is 6.60. The number of para-hydroxylation sites is 3. The molecule has 1 aromatic heterocycles. The zero-order valence-electron chi connectivity index (χ0n) is 27.4. The Morgan fingerprint density at radius 2 is 1.40 bits per heavy atom. The van der Waals surface area contributed by atoms with Gasteiger partial charge in [-0.15, -0.1) is 11.3 Å². The highest BCUT2D eigenvalue weighted by molar-refractivity contribution is 7.32. The third-order valence-corrected chi connectivity index (χ3v) is 11.4. The molecule has 3 aliphatic heterocycles. The number of nitrogens with zero attached hydrogens (tertiary/aromatic N) is 2. The molecule has 3 nitrogen and oxygen atoms in total. The summed E-state index contributed by atoms with van der Waals surface area (Å²) in [5.74, 6) is 1.81. The molecule has 0 fully saturated rings. The summed E-state index contributed by atoms with van der Waals surface area (Å²) in [6, 6.07) is 46.8. The summed E-state index contributed by atoms with van der Waals surface area (Å²) in [5.41, 5.74) is 14.9. The smallest absolute Gasteiger partial charge is 0.343 e. The molecule has 0 saturated heterocycles. The minimum atomic E-state index is -0.00743. The number of aryl methyl sites for hydroxylation is 1. The van der Waals surface area contributed by atoms with E-state index in [0.29, 0.717) is 0 Å². The molecule has 6 aromatic carbocycles. The van der Waals surface area contributed by atoms with E-state index in [9.17, 15) is 0 Å². The van der Waals surface area contributed by atoms with Gasteiger partial charge in [-0.05, 0) is 82.5 Å². The first-order chi connectivity index (χ1) is 23.4. The normalized spacial score (nSPS) is 13.9. The Bertz CT molecular complexity index is 2460. The quantitative estimate of drug-likeness (QED) is 0.176. The highest BCUT2D eigenvalue weighted by Crippen LogP contribution is 2.56. The van der Waals surface area contributed by atoms with E-state index in [4.69, 9.17) is 4.74 Å². The van der Waals surface area contributed by atoms with E-state index in [-0.39, 0.29) is 12.3 Å². The maximum atomic E-state index is 6.60. The van der Waals surface area contributed by atoms with E-state index in [1.807, 2.05) is 11.3 Å². The molecule has 10 rings (SSSR count). The molecular weight excluding hydrogens is 603 g/mol. The summed E-state index contributed by atoms with van der Waals surface area (Å²) in [6.45, 7) is 9.13. The third kappa shape index (κ3) is 3.82. The van der Waals surface area contributed by atoms with Crippen molar-refractivity contribution in [2.45, 2.75) is 33.1 Å². The fraction of sp³-hybridized carbons (Fsp3) is 0.116. The van der Waals surface area contributed by atoms with Gasteiger partial charge in [-0.25, -0.2) is 0 Å². The standard InChI is InChI=1S/C43H33BN2OS/c1-26-23-32-29-16-12-19-37-40(29)46(34-17-9-10-18-36(34)47-37)44-39(32)35(24-26)45(41-30-15-8-11-20-38(30)48-42(41)44)33-22-21-28(43(2,3)4)25-31(33)27-13-6-5-7-14-27/h5-25H,1-4H3. The summed E-state index contributed by atoms with van der Waals surface area (Å²) in [7, 11) is 0. The Morgan fingerprint density at radius 3 is 2.25 bits per heavy atom. The lowest BCUT2D eigenvalue weighted by Gasteiger charge is -2.47. The number of hydrogen-bond donors (Lipinski definition) is 0. The lowest BCUT2D eigenvalue weighted by Crippen LogP contribution is -2.61. The van der Waals surface area contributed by atoms with Crippen LogP contribution in [0, 0.1) is 6.92 Å². The summed E-state index contributed by atoms with van der Waals surface area (Å²) in [4.78, 5) is 5.16. The van der Waals surface area contributed by atoms with Crippen molar-refractivity contribution in [1.82, 2.24) is 0 Å². The topological polar surface area (TPSA) is 15.7 Å². The van der Waals surface area contributed by atoms with Gasteiger partial charge < -0.3 is 14.4 Å². The van der Waals surface area contributed by atoms with E-state index in [1.165, 1.54) is 70.8 Å². The third-order valence-electron chi connectivity index (χ3n) is 10.2. The fourth-order valence-electron chi connectivity index (χ4n) is 8.06. The Morgan fingerprint density at radius 1 is 0.625 bits per heavy atom. The molecule has 5 heteroatoms. The van der Waals surface area contributed by atoms with Gasteiger partial charge in [-0.2, -0.15) is 0 Å². The van der Waals surface area contributed by atoms with Crippen molar-refractivity contribution in [3.8, 4) is 33.8 Å². The van der Waals surface area contributed by atoms with E-state index >= 15 is 0 Å². The molecule has 3 aliphatic rings. The summed E-state index contributed by atoms with van der Waals surface area (Å²) >= 11 is 1.92. The first-order valence-corrected chi connectivity index (χ1v) is 17.5. The first kappa shape index (κ1) is 27.8. The van der Waals surface area contributed by atoms with Gasteiger partial charge in [-0.1, -0.05) is 106 Å². The highest BCUT2D eigenvalue weighted by Gasteiger charge is 2.49. The molecule has 0 saturated carbocycles. The zero-order chi connectivity index (χ0) is 32.3. The average molecular weight is 637 g/mol. The van der Waals surface area contributed by atoms with Crippen molar-refractivity contribution < 1.29 is 4.74 Å². The lowest BCUT2D eigenvalue weighted by molar-refractivity contribution is 0.478. The minimum Gasteiger partial charge on any atom is -0.453 e. The van der Waals surface area contributed by atoms with Crippen molar-refractivity contribution in [2.75, 3.05) is 9.71 Å². The molecule has 0 atom stereocenters. The van der Waals surface area contributed by atoms with E-state index in [2.05, 4.69) is 165 Å². The SMILES string of the molecule is Cc1cc2c3c(c1)N(c1ccc(C(C)(C)C)cc1-c1ccccc1)c1c(sc4ccccc14)B3N1c3ccccc3Oc3cccc-2c31. The second kappa shape index (κ2) is 9.88. The average Bonchev–Trinajstić information content (AvgIpc) is 3.48. The van der Waals surface area contributed by atoms with Crippen LogP contribution in [-0.4, -0.2) is 6.85 Å². The van der Waals surface area contributed by atoms with Crippen LogP contribution in [-0.2, 0) is 5.41 Å². The molecule has 0 unspecified atom stereocenters. The Kier molecular flexibility index (Phi) is 5.73. The van der Waals surface area contributed by atoms with E-state index in [0.717, 1.165) is 22.9 Å². The molecule has 0 bridgehead atoms. The van der Waals surface area contributed by atoms with Crippen molar-refractivity contribution in [2.24, 2.45) is 0 Å². The van der Waals surface area contributed by atoms with Gasteiger partial charge in [0.25, 0.3) is 0 Å². The van der Waals surface area contributed by atoms with Gasteiger partial charge in [0, 0.05) is 31.7 Å². The van der Waals surface area contributed by atoms with Crippen LogP contribution in [0.1, 0.15) is 31.9 Å². The molecule has 48 heavy (non-hydrogen) atoms. The largest absolute Gasteiger partial charge is 0.453 e. The Labute approximate surface area is 285 Å². The molecule has 0 N–H and O–H groups in total. The van der Waals surface area contributed by atoms with Crippen LogP contribution in [0.5, 0.6) is 11.5 Å². The second-order valence-corrected chi connectivity index (χ2v) is 15.3. The maximum Gasteiger partial charge on any atom is 0.343 e. The second-order valence-electron chi connectivity index (χ2n) is 14.2.